The molecule has 1 aromatic carbocycles. The van der Waals surface area contributed by atoms with E-state index in [4.69, 9.17) is 0 Å². The molecule has 1 aliphatic rings. The van der Waals surface area contributed by atoms with Gasteiger partial charge < -0.3 is 10.2 Å². The highest BCUT2D eigenvalue weighted by Crippen LogP contribution is 2.31. The quantitative estimate of drug-likeness (QED) is 0.344. The molecule has 0 atom stereocenters. The van der Waals surface area contributed by atoms with Gasteiger partial charge in [-0.2, -0.15) is 0 Å². The van der Waals surface area contributed by atoms with Crippen LogP contribution < -0.4 is 5.32 Å². The summed E-state index contributed by atoms with van der Waals surface area (Å²) in [5, 5.41) is 3.88. The maximum absolute atomic E-state index is 15.0. The Labute approximate surface area is 229 Å². The Bertz CT molecular complexity index is 1620. The van der Waals surface area contributed by atoms with Gasteiger partial charge in [-0.15, -0.1) is 0 Å². The Hall–Kier alpha value is -3.37. The second kappa shape index (κ2) is 10.3. The van der Waals surface area contributed by atoms with Crippen LogP contribution in [-0.2, 0) is 16.4 Å². The van der Waals surface area contributed by atoms with Gasteiger partial charge in [0.2, 0.25) is 16.0 Å². The molecular formula is C29H35FN6O2S. The number of hydrogen-bond donors (Lipinski definition) is 1. The summed E-state index contributed by atoms with van der Waals surface area (Å²) < 4.78 is 41.5. The zero-order valence-electron chi connectivity index (χ0n) is 23.1. The van der Waals surface area contributed by atoms with Crippen LogP contribution in [-0.4, -0.2) is 57.1 Å². The molecule has 4 heterocycles. The first-order valence-corrected chi connectivity index (χ1v) is 14.7. The Balaban J connectivity index is 1.37. The molecule has 0 saturated carbocycles. The zero-order valence-corrected chi connectivity index (χ0v) is 23.9. The summed E-state index contributed by atoms with van der Waals surface area (Å²) in [5.41, 5.74) is 4.06. The predicted octanol–water partition coefficient (Wildman–Crippen LogP) is 5.39. The number of nitrogens with one attached hydrogen (secondary N) is 1. The molecule has 10 heteroatoms. The molecule has 0 aliphatic carbocycles. The third-order valence-electron chi connectivity index (χ3n) is 7.43. The van der Waals surface area contributed by atoms with Gasteiger partial charge in [-0.05, 0) is 108 Å². The lowest BCUT2D eigenvalue weighted by Crippen LogP contribution is -2.33. The smallest absolute Gasteiger partial charge is 0.245 e. The zero-order chi connectivity index (χ0) is 27.9. The van der Waals surface area contributed by atoms with Gasteiger partial charge in [0.05, 0.1) is 10.4 Å². The Morgan fingerprint density at radius 1 is 1.08 bits per heavy atom. The van der Waals surface area contributed by atoms with E-state index >= 15 is 4.39 Å². The molecule has 5 rings (SSSR count). The van der Waals surface area contributed by atoms with E-state index in [9.17, 15) is 8.42 Å². The minimum absolute atomic E-state index is 0.215. The molecule has 1 fully saturated rings. The Morgan fingerprint density at radius 2 is 1.82 bits per heavy atom. The summed E-state index contributed by atoms with van der Waals surface area (Å²) >= 11 is 0. The summed E-state index contributed by atoms with van der Waals surface area (Å²) in [6.45, 7) is 8.88. The molecule has 0 radical (unpaired) electrons. The number of hydrogen-bond acceptors (Lipinski definition) is 7. The molecule has 0 bridgehead atoms. The van der Waals surface area contributed by atoms with Crippen LogP contribution in [0.1, 0.15) is 62.0 Å². The van der Waals surface area contributed by atoms with Crippen LogP contribution in [0.2, 0.25) is 0 Å². The van der Waals surface area contributed by atoms with Crippen molar-refractivity contribution in [3.8, 4) is 0 Å². The number of likely N-dealkylation sites (tertiary alicyclic amines) is 1. The number of aromatic nitrogens is 4. The van der Waals surface area contributed by atoms with Gasteiger partial charge in [0.15, 0.2) is 5.65 Å². The summed E-state index contributed by atoms with van der Waals surface area (Å²) in [4.78, 5) is 16.0. The molecule has 0 spiro atoms. The van der Waals surface area contributed by atoms with Crippen molar-refractivity contribution in [2.45, 2.75) is 57.6 Å². The van der Waals surface area contributed by atoms with Crippen molar-refractivity contribution in [1.29, 1.82) is 0 Å². The van der Waals surface area contributed by atoms with Gasteiger partial charge in [-0.3, -0.25) is 0 Å². The van der Waals surface area contributed by atoms with Crippen molar-refractivity contribution in [1.82, 2.24) is 23.8 Å². The number of rotatable bonds is 6. The molecule has 206 valence electrons. The largest absolute Gasteiger partial charge is 0.324 e. The highest BCUT2D eigenvalue weighted by atomic mass is 32.2. The van der Waals surface area contributed by atoms with Gasteiger partial charge in [0, 0.05) is 35.6 Å². The summed E-state index contributed by atoms with van der Waals surface area (Å²) in [6, 6.07) is 10.8. The lowest BCUT2D eigenvalue weighted by Gasteiger charge is -2.29. The van der Waals surface area contributed by atoms with E-state index < -0.39 is 14.8 Å². The van der Waals surface area contributed by atoms with Crippen LogP contribution in [0.25, 0.3) is 11.0 Å². The average molecular weight is 551 g/mol. The molecule has 0 amide bonds. The Kier molecular flexibility index (Phi) is 7.19. The van der Waals surface area contributed by atoms with E-state index in [1.807, 2.05) is 31.2 Å². The van der Waals surface area contributed by atoms with Crippen LogP contribution >= 0.6 is 0 Å². The van der Waals surface area contributed by atoms with Crippen molar-refractivity contribution < 1.29 is 12.8 Å². The summed E-state index contributed by atoms with van der Waals surface area (Å²) in [6.07, 6.45) is 5.58. The molecule has 3 aromatic heterocycles. The first-order chi connectivity index (χ1) is 18.4. The first-order valence-electron chi connectivity index (χ1n) is 13.2. The number of benzene rings is 1. The van der Waals surface area contributed by atoms with E-state index in [0.29, 0.717) is 29.4 Å². The van der Waals surface area contributed by atoms with Crippen LogP contribution in [0.3, 0.4) is 0 Å². The van der Waals surface area contributed by atoms with E-state index in [1.54, 1.807) is 39.2 Å². The molecule has 1 saturated heterocycles. The first kappa shape index (κ1) is 27.2. The van der Waals surface area contributed by atoms with Crippen molar-refractivity contribution >= 4 is 32.7 Å². The van der Waals surface area contributed by atoms with Crippen LogP contribution in [0.4, 0.5) is 16.0 Å². The lowest BCUT2D eigenvalue weighted by molar-refractivity contribution is 0.253. The van der Waals surface area contributed by atoms with E-state index in [2.05, 4.69) is 32.2 Å². The second-order valence-corrected chi connectivity index (χ2v) is 14.0. The normalized spacial score (nSPS) is 15.6. The van der Waals surface area contributed by atoms with Crippen LogP contribution in [0.5, 0.6) is 0 Å². The molecule has 39 heavy (non-hydrogen) atoms. The molecule has 1 N–H and O–H groups in total. The van der Waals surface area contributed by atoms with E-state index in [0.717, 1.165) is 48.1 Å². The predicted molar refractivity (Wildman–Crippen MR) is 153 cm³/mol. The Morgan fingerprint density at radius 3 is 2.51 bits per heavy atom. The van der Waals surface area contributed by atoms with E-state index in [1.165, 1.54) is 10.0 Å². The topological polar surface area (TPSA) is 93.0 Å². The van der Waals surface area contributed by atoms with Gasteiger partial charge in [0.1, 0.15) is 5.82 Å². The SMILES string of the molecule is Cc1cnc(Nc2ccc(C3CCN(C)CC3)c(F)c2)nc1Cc1ccc2ccn(S(=O)(=O)C(C)(C)C)c2n1. The highest BCUT2D eigenvalue weighted by molar-refractivity contribution is 7.91. The van der Waals surface area contributed by atoms with E-state index in [-0.39, 0.29) is 11.7 Å². The molecule has 8 nitrogen and oxygen atoms in total. The van der Waals surface area contributed by atoms with Crippen molar-refractivity contribution in [3.63, 3.8) is 0 Å². The number of anilines is 2. The summed E-state index contributed by atoms with van der Waals surface area (Å²) in [5.74, 6) is 0.385. The fourth-order valence-electron chi connectivity index (χ4n) is 4.88. The number of aryl methyl sites for hydroxylation is 1. The fourth-order valence-corrected chi connectivity index (χ4v) is 6.07. The van der Waals surface area contributed by atoms with Crippen molar-refractivity contribution in [3.05, 3.63) is 77.1 Å². The average Bonchev–Trinajstić information content (AvgIpc) is 3.30. The van der Waals surface area contributed by atoms with Crippen LogP contribution in [0, 0.1) is 12.7 Å². The molecular weight excluding hydrogens is 515 g/mol. The number of fused-ring (bicyclic) bond motifs is 1. The number of piperidine rings is 1. The van der Waals surface area contributed by atoms with Crippen LogP contribution in [0.15, 0.2) is 48.8 Å². The van der Waals surface area contributed by atoms with Gasteiger partial charge >= 0.3 is 0 Å². The number of nitrogens with zero attached hydrogens (tertiary/aromatic N) is 5. The maximum atomic E-state index is 15.0. The minimum atomic E-state index is -3.63. The molecule has 0 unspecified atom stereocenters. The highest BCUT2D eigenvalue weighted by Gasteiger charge is 2.32. The third kappa shape index (κ3) is 5.53. The third-order valence-corrected chi connectivity index (χ3v) is 9.79. The van der Waals surface area contributed by atoms with Gasteiger partial charge in [-0.25, -0.2) is 31.7 Å². The van der Waals surface area contributed by atoms with Crippen molar-refractivity contribution in [2.75, 3.05) is 25.5 Å². The maximum Gasteiger partial charge on any atom is 0.245 e. The molecule has 1 aliphatic heterocycles. The van der Waals surface area contributed by atoms with Crippen molar-refractivity contribution in [2.24, 2.45) is 0 Å². The van der Waals surface area contributed by atoms with Gasteiger partial charge in [-0.1, -0.05) is 6.07 Å². The molecule has 4 aromatic rings. The van der Waals surface area contributed by atoms with Gasteiger partial charge in [0.25, 0.3) is 0 Å². The standard InChI is InChI=1S/C29H35FN6O2S/c1-19-18-31-28(33-22-8-9-24(25(30)16-22)20-10-13-35(5)14-11-20)34-26(19)17-23-7-6-21-12-15-36(27(21)32-23)39(37,38)29(2,3)4/h6-9,12,15-16,18,20H,10-11,13-14,17H2,1-5H3,(H,31,33,34). The number of pyridine rings is 1. The number of halogens is 1. The second-order valence-electron chi connectivity index (χ2n) is 11.4. The fraction of sp³-hybridized carbons (Fsp3) is 0.414. The summed E-state index contributed by atoms with van der Waals surface area (Å²) in [7, 11) is -1.53. The monoisotopic (exact) mass is 550 g/mol. The minimum Gasteiger partial charge on any atom is -0.324 e. The lowest BCUT2D eigenvalue weighted by atomic mass is 9.89.